The predicted octanol–water partition coefficient (Wildman–Crippen LogP) is 1.03. The molecule has 0 saturated carbocycles. The van der Waals surface area contributed by atoms with Crippen LogP contribution in [0.1, 0.15) is 18.5 Å². The van der Waals surface area contributed by atoms with Crippen molar-refractivity contribution < 1.29 is 0 Å². The number of piperidine rings is 1. The van der Waals surface area contributed by atoms with Crippen molar-refractivity contribution in [1.82, 2.24) is 25.3 Å². The molecule has 1 unspecified atom stereocenters. The van der Waals surface area contributed by atoms with Crippen LogP contribution in [-0.2, 0) is 6.54 Å². The maximum absolute atomic E-state index is 4.32. The topological polar surface area (TPSA) is 66.8 Å². The molecule has 0 radical (unpaired) electrons. The monoisotopic (exact) mass is 270 g/mol. The fourth-order valence-electron chi connectivity index (χ4n) is 2.45. The van der Waals surface area contributed by atoms with E-state index in [2.05, 4.69) is 30.2 Å². The summed E-state index contributed by atoms with van der Waals surface area (Å²) in [7, 11) is 0. The SMILES string of the molecule is c1cnc(N2CCCC(NCc3ccncn3)C2)nc1. The van der Waals surface area contributed by atoms with E-state index in [9.17, 15) is 0 Å². The van der Waals surface area contributed by atoms with Crippen LogP contribution in [0.15, 0.2) is 37.1 Å². The number of nitrogens with one attached hydrogen (secondary N) is 1. The minimum Gasteiger partial charge on any atom is -0.339 e. The molecule has 1 atom stereocenters. The Morgan fingerprint density at radius 3 is 2.90 bits per heavy atom. The number of rotatable bonds is 4. The molecule has 0 amide bonds. The van der Waals surface area contributed by atoms with Gasteiger partial charge >= 0.3 is 0 Å². The molecular weight excluding hydrogens is 252 g/mol. The summed E-state index contributed by atoms with van der Waals surface area (Å²) in [6, 6.07) is 4.23. The molecule has 1 aliphatic rings. The number of nitrogens with zero attached hydrogens (tertiary/aromatic N) is 5. The minimum absolute atomic E-state index is 0.447. The normalized spacial score (nSPS) is 19.0. The van der Waals surface area contributed by atoms with Crippen LogP contribution in [0, 0.1) is 0 Å². The molecule has 20 heavy (non-hydrogen) atoms. The van der Waals surface area contributed by atoms with Crippen LogP contribution < -0.4 is 10.2 Å². The van der Waals surface area contributed by atoms with Crippen molar-refractivity contribution in [2.24, 2.45) is 0 Å². The van der Waals surface area contributed by atoms with Gasteiger partial charge in [0.25, 0.3) is 0 Å². The van der Waals surface area contributed by atoms with Crippen LogP contribution in [0.3, 0.4) is 0 Å². The van der Waals surface area contributed by atoms with E-state index in [-0.39, 0.29) is 0 Å². The van der Waals surface area contributed by atoms with Gasteiger partial charge in [0.05, 0.1) is 5.69 Å². The van der Waals surface area contributed by atoms with Gasteiger partial charge in [0.1, 0.15) is 6.33 Å². The van der Waals surface area contributed by atoms with Gasteiger partial charge in [-0.3, -0.25) is 0 Å². The van der Waals surface area contributed by atoms with Gasteiger partial charge in [-0.05, 0) is 25.0 Å². The summed E-state index contributed by atoms with van der Waals surface area (Å²) in [6.07, 6.45) is 9.27. The first kappa shape index (κ1) is 12.9. The molecule has 2 aromatic rings. The summed E-state index contributed by atoms with van der Waals surface area (Å²) in [5.41, 5.74) is 1.02. The van der Waals surface area contributed by atoms with Crippen LogP contribution >= 0.6 is 0 Å². The summed E-state index contributed by atoms with van der Waals surface area (Å²) >= 11 is 0. The first-order valence-electron chi connectivity index (χ1n) is 6.92. The summed E-state index contributed by atoms with van der Waals surface area (Å²) in [5, 5.41) is 3.55. The first-order chi connectivity index (χ1) is 9.92. The Hall–Kier alpha value is -2.08. The minimum atomic E-state index is 0.447. The standard InChI is InChI=1S/C14H18N6/c1-3-13(18-9-12-4-7-15-11-19-12)10-20(8-1)14-16-5-2-6-17-14/h2,4-7,11,13,18H,1,3,8-10H2. The summed E-state index contributed by atoms with van der Waals surface area (Å²) in [4.78, 5) is 19.0. The Kier molecular flexibility index (Phi) is 4.13. The maximum atomic E-state index is 4.32. The number of hydrogen-bond donors (Lipinski definition) is 1. The van der Waals surface area contributed by atoms with Crippen LogP contribution in [0.4, 0.5) is 5.95 Å². The molecule has 3 heterocycles. The molecule has 0 bridgehead atoms. The van der Waals surface area contributed by atoms with E-state index >= 15 is 0 Å². The van der Waals surface area contributed by atoms with E-state index in [1.54, 1.807) is 24.9 Å². The zero-order chi connectivity index (χ0) is 13.6. The van der Waals surface area contributed by atoms with Gasteiger partial charge < -0.3 is 10.2 Å². The van der Waals surface area contributed by atoms with E-state index in [1.807, 2.05) is 12.1 Å². The quantitative estimate of drug-likeness (QED) is 0.895. The van der Waals surface area contributed by atoms with Gasteiger partial charge in [0, 0.05) is 44.3 Å². The van der Waals surface area contributed by atoms with E-state index < -0.39 is 0 Å². The van der Waals surface area contributed by atoms with Gasteiger partial charge in [-0.15, -0.1) is 0 Å². The molecule has 1 aliphatic heterocycles. The van der Waals surface area contributed by atoms with Gasteiger partial charge in [0.15, 0.2) is 0 Å². The molecule has 6 nitrogen and oxygen atoms in total. The van der Waals surface area contributed by atoms with E-state index in [1.165, 1.54) is 6.42 Å². The third-order valence-corrected chi connectivity index (χ3v) is 3.47. The van der Waals surface area contributed by atoms with Crippen molar-refractivity contribution in [3.63, 3.8) is 0 Å². The predicted molar refractivity (Wildman–Crippen MR) is 76.1 cm³/mol. The smallest absolute Gasteiger partial charge is 0.225 e. The Bertz CT molecular complexity index is 518. The fourth-order valence-corrected chi connectivity index (χ4v) is 2.45. The highest BCUT2D eigenvalue weighted by Gasteiger charge is 2.21. The first-order valence-corrected chi connectivity index (χ1v) is 6.92. The average molecular weight is 270 g/mol. The highest BCUT2D eigenvalue weighted by molar-refractivity contribution is 5.29. The van der Waals surface area contributed by atoms with Crippen molar-refractivity contribution in [2.75, 3.05) is 18.0 Å². The maximum Gasteiger partial charge on any atom is 0.225 e. The lowest BCUT2D eigenvalue weighted by molar-refractivity contribution is 0.416. The van der Waals surface area contributed by atoms with Crippen molar-refractivity contribution in [1.29, 1.82) is 0 Å². The van der Waals surface area contributed by atoms with Crippen LogP contribution in [-0.4, -0.2) is 39.1 Å². The third kappa shape index (κ3) is 3.27. The van der Waals surface area contributed by atoms with Gasteiger partial charge in [-0.2, -0.15) is 0 Å². The Balaban J connectivity index is 1.56. The molecule has 1 saturated heterocycles. The van der Waals surface area contributed by atoms with Crippen LogP contribution in [0.2, 0.25) is 0 Å². The van der Waals surface area contributed by atoms with Crippen molar-refractivity contribution in [3.8, 4) is 0 Å². The summed E-state index contributed by atoms with van der Waals surface area (Å²) in [5.74, 6) is 0.820. The number of hydrogen-bond acceptors (Lipinski definition) is 6. The van der Waals surface area contributed by atoms with Crippen LogP contribution in [0.25, 0.3) is 0 Å². The zero-order valence-electron chi connectivity index (χ0n) is 11.3. The van der Waals surface area contributed by atoms with E-state index in [0.717, 1.165) is 37.7 Å². The molecule has 0 aromatic carbocycles. The Morgan fingerprint density at radius 1 is 1.20 bits per heavy atom. The zero-order valence-corrected chi connectivity index (χ0v) is 11.3. The lowest BCUT2D eigenvalue weighted by Gasteiger charge is -2.33. The molecule has 104 valence electrons. The summed E-state index contributed by atoms with van der Waals surface area (Å²) < 4.78 is 0. The highest BCUT2D eigenvalue weighted by Crippen LogP contribution is 2.15. The largest absolute Gasteiger partial charge is 0.339 e. The molecule has 1 N–H and O–H groups in total. The molecule has 2 aromatic heterocycles. The second kappa shape index (κ2) is 6.38. The highest BCUT2D eigenvalue weighted by atomic mass is 15.3. The van der Waals surface area contributed by atoms with Crippen molar-refractivity contribution >= 4 is 5.95 Å². The second-order valence-corrected chi connectivity index (χ2v) is 4.92. The molecule has 6 heteroatoms. The Morgan fingerprint density at radius 2 is 2.10 bits per heavy atom. The van der Waals surface area contributed by atoms with Gasteiger partial charge in [-0.1, -0.05) is 0 Å². The van der Waals surface area contributed by atoms with E-state index in [4.69, 9.17) is 0 Å². The summed E-state index contributed by atoms with van der Waals surface area (Å²) in [6.45, 7) is 2.74. The van der Waals surface area contributed by atoms with Gasteiger partial charge in [-0.25, -0.2) is 19.9 Å². The molecule has 0 spiro atoms. The van der Waals surface area contributed by atoms with Crippen molar-refractivity contribution in [3.05, 3.63) is 42.7 Å². The van der Waals surface area contributed by atoms with Gasteiger partial charge in [0.2, 0.25) is 5.95 Å². The van der Waals surface area contributed by atoms with Crippen molar-refractivity contribution in [2.45, 2.75) is 25.4 Å². The second-order valence-electron chi connectivity index (χ2n) is 4.92. The number of anilines is 1. The molecule has 1 fully saturated rings. The third-order valence-electron chi connectivity index (χ3n) is 3.47. The molecule has 0 aliphatic carbocycles. The fraction of sp³-hybridized carbons (Fsp3) is 0.429. The lowest BCUT2D eigenvalue weighted by Crippen LogP contribution is -2.46. The molecular formula is C14H18N6. The molecule has 3 rings (SSSR count). The van der Waals surface area contributed by atoms with Crippen LogP contribution in [0.5, 0.6) is 0 Å². The number of aromatic nitrogens is 4. The van der Waals surface area contributed by atoms with E-state index in [0.29, 0.717) is 6.04 Å². The Labute approximate surface area is 118 Å². The average Bonchev–Trinajstić information content (AvgIpc) is 2.55. The lowest BCUT2D eigenvalue weighted by atomic mass is 10.1.